The van der Waals surface area contributed by atoms with Gasteiger partial charge in [-0.25, -0.2) is 0 Å². The van der Waals surface area contributed by atoms with Gasteiger partial charge in [-0.1, -0.05) is 36.4 Å². The molecule has 1 aliphatic rings. The van der Waals surface area contributed by atoms with Crippen molar-refractivity contribution in [3.05, 3.63) is 83.4 Å². The van der Waals surface area contributed by atoms with Crippen molar-refractivity contribution in [3.63, 3.8) is 0 Å². The summed E-state index contributed by atoms with van der Waals surface area (Å²) in [7, 11) is 0. The second-order valence-electron chi connectivity index (χ2n) is 7.87. The Morgan fingerprint density at radius 1 is 0.970 bits per heavy atom. The van der Waals surface area contributed by atoms with Crippen LogP contribution in [0.2, 0.25) is 0 Å². The zero-order chi connectivity index (χ0) is 23.4. The minimum absolute atomic E-state index is 0.0265. The monoisotopic (exact) mass is 459 g/mol. The first-order valence-corrected chi connectivity index (χ1v) is 11.7. The zero-order valence-corrected chi connectivity index (χ0v) is 19.4. The Labute approximate surface area is 197 Å². The summed E-state index contributed by atoms with van der Waals surface area (Å²) in [6.07, 6.45) is 0.864. The lowest BCUT2D eigenvalue weighted by atomic mass is 10.1. The molecule has 0 fully saturated rings. The number of anilines is 3. The summed E-state index contributed by atoms with van der Waals surface area (Å²) in [5, 5.41) is 5.66. The van der Waals surface area contributed by atoms with Crippen LogP contribution in [0.25, 0.3) is 0 Å². The van der Waals surface area contributed by atoms with E-state index in [0.29, 0.717) is 23.5 Å². The average molecular weight is 460 g/mol. The van der Waals surface area contributed by atoms with E-state index in [4.69, 9.17) is 0 Å². The molecule has 3 amide bonds. The second-order valence-corrected chi connectivity index (χ2v) is 8.89. The molecule has 0 aliphatic carbocycles. The molecule has 0 unspecified atom stereocenters. The highest BCUT2D eigenvalue weighted by Crippen LogP contribution is 2.30. The van der Waals surface area contributed by atoms with Crippen molar-refractivity contribution in [2.75, 3.05) is 27.8 Å². The van der Waals surface area contributed by atoms with Crippen molar-refractivity contribution >= 4 is 46.5 Å². The van der Waals surface area contributed by atoms with Crippen LogP contribution in [0.15, 0.2) is 71.6 Å². The van der Waals surface area contributed by atoms with E-state index in [2.05, 4.69) is 16.7 Å². The SMILES string of the molecule is CC(=O)Nc1cc(NC(=O)c2ccccc2SCC(=O)N2CCc3ccccc32)ccc1C. The molecule has 3 aromatic carbocycles. The van der Waals surface area contributed by atoms with E-state index in [1.165, 1.54) is 24.2 Å². The van der Waals surface area contributed by atoms with Crippen LogP contribution in [-0.4, -0.2) is 30.0 Å². The summed E-state index contributed by atoms with van der Waals surface area (Å²) in [5.74, 6) is -0.169. The number of nitrogens with one attached hydrogen (secondary N) is 2. The topological polar surface area (TPSA) is 78.5 Å². The molecule has 33 heavy (non-hydrogen) atoms. The quantitative estimate of drug-likeness (QED) is 0.515. The zero-order valence-electron chi connectivity index (χ0n) is 18.6. The molecular weight excluding hydrogens is 434 g/mol. The van der Waals surface area contributed by atoms with E-state index in [9.17, 15) is 14.4 Å². The van der Waals surface area contributed by atoms with Crippen LogP contribution in [0, 0.1) is 6.92 Å². The molecule has 7 heteroatoms. The maximum Gasteiger partial charge on any atom is 0.256 e. The van der Waals surface area contributed by atoms with E-state index in [1.54, 1.807) is 24.3 Å². The average Bonchev–Trinajstić information content (AvgIpc) is 3.24. The van der Waals surface area contributed by atoms with Gasteiger partial charge in [0.05, 0.1) is 11.3 Å². The number of benzene rings is 3. The molecule has 3 aromatic rings. The van der Waals surface area contributed by atoms with Gasteiger partial charge in [0, 0.05) is 35.4 Å². The van der Waals surface area contributed by atoms with Crippen LogP contribution < -0.4 is 15.5 Å². The van der Waals surface area contributed by atoms with Crippen LogP contribution in [0.1, 0.15) is 28.4 Å². The number of nitrogens with zero attached hydrogens (tertiary/aromatic N) is 1. The molecule has 0 spiro atoms. The van der Waals surface area contributed by atoms with Crippen LogP contribution in [-0.2, 0) is 16.0 Å². The lowest BCUT2D eigenvalue weighted by molar-refractivity contribution is -0.116. The van der Waals surface area contributed by atoms with E-state index >= 15 is 0 Å². The molecule has 0 bridgehead atoms. The number of hydrogen-bond donors (Lipinski definition) is 2. The molecular formula is C26H25N3O3S. The molecule has 1 heterocycles. The first-order chi connectivity index (χ1) is 15.9. The third kappa shape index (κ3) is 5.26. The lowest BCUT2D eigenvalue weighted by Gasteiger charge is -2.17. The first kappa shape index (κ1) is 22.6. The number of carbonyl (C=O) groups excluding carboxylic acids is 3. The molecule has 0 saturated carbocycles. The summed E-state index contributed by atoms with van der Waals surface area (Å²) in [6.45, 7) is 4.02. The van der Waals surface area contributed by atoms with E-state index in [1.807, 2.05) is 48.2 Å². The van der Waals surface area contributed by atoms with Crippen molar-refractivity contribution in [3.8, 4) is 0 Å². The summed E-state index contributed by atoms with van der Waals surface area (Å²) in [5.41, 5.74) is 4.80. The van der Waals surface area contributed by atoms with Crippen molar-refractivity contribution < 1.29 is 14.4 Å². The van der Waals surface area contributed by atoms with Gasteiger partial charge in [0.1, 0.15) is 0 Å². The number of carbonyl (C=O) groups is 3. The highest BCUT2D eigenvalue weighted by Gasteiger charge is 2.24. The van der Waals surface area contributed by atoms with E-state index in [-0.39, 0.29) is 23.5 Å². The van der Waals surface area contributed by atoms with Gasteiger partial charge in [0.25, 0.3) is 5.91 Å². The molecule has 0 atom stereocenters. The molecule has 168 valence electrons. The van der Waals surface area contributed by atoms with Gasteiger partial charge >= 0.3 is 0 Å². The third-order valence-corrected chi connectivity index (χ3v) is 6.54. The maximum atomic E-state index is 13.0. The Morgan fingerprint density at radius 2 is 1.73 bits per heavy atom. The number of rotatable bonds is 6. The van der Waals surface area contributed by atoms with Gasteiger partial charge in [-0.3, -0.25) is 14.4 Å². The van der Waals surface area contributed by atoms with Crippen LogP contribution in [0.3, 0.4) is 0 Å². The molecule has 0 radical (unpaired) electrons. The number of hydrogen-bond acceptors (Lipinski definition) is 4. The summed E-state index contributed by atoms with van der Waals surface area (Å²) in [4.78, 5) is 39.9. The predicted molar refractivity (Wildman–Crippen MR) is 133 cm³/mol. The summed E-state index contributed by atoms with van der Waals surface area (Å²) >= 11 is 1.36. The number of amides is 3. The fraction of sp³-hybridized carbons (Fsp3) is 0.192. The standard InChI is InChI=1S/C26H25N3O3S/c1-17-11-12-20(15-22(17)27-18(2)30)28-26(32)21-8-4-6-10-24(21)33-16-25(31)29-14-13-19-7-3-5-9-23(19)29/h3-12,15H,13-14,16H2,1-2H3,(H,27,30)(H,28,32). The van der Waals surface area contributed by atoms with Gasteiger partial charge in [0.2, 0.25) is 11.8 Å². The molecule has 6 nitrogen and oxygen atoms in total. The molecule has 0 saturated heterocycles. The Balaban J connectivity index is 1.45. The highest BCUT2D eigenvalue weighted by atomic mass is 32.2. The largest absolute Gasteiger partial charge is 0.326 e. The van der Waals surface area contributed by atoms with Crippen molar-refractivity contribution in [1.82, 2.24) is 0 Å². The van der Waals surface area contributed by atoms with Crippen LogP contribution in [0.4, 0.5) is 17.1 Å². The van der Waals surface area contributed by atoms with Gasteiger partial charge in [-0.2, -0.15) is 0 Å². The Bertz CT molecular complexity index is 1220. The van der Waals surface area contributed by atoms with E-state index < -0.39 is 0 Å². The minimum atomic E-state index is -0.269. The first-order valence-electron chi connectivity index (χ1n) is 10.7. The maximum absolute atomic E-state index is 13.0. The van der Waals surface area contributed by atoms with Crippen molar-refractivity contribution in [2.45, 2.75) is 25.2 Å². The predicted octanol–water partition coefficient (Wildman–Crippen LogP) is 4.89. The Hall–Kier alpha value is -3.58. The van der Waals surface area contributed by atoms with Crippen LogP contribution in [0.5, 0.6) is 0 Å². The lowest BCUT2D eigenvalue weighted by Crippen LogP contribution is -2.30. The Kier molecular flexibility index (Phi) is 6.79. The number of thioether (sulfide) groups is 1. The molecule has 4 rings (SSSR count). The van der Waals surface area contributed by atoms with Crippen molar-refractivity contribution in [1.29, 1.82) is 0 Å². The van der Waals surface area contributed by atoms with E-state index in [0.717, 1.165) is 22.6 Å². The second kappa shape index (κ2) is 9.92. The van der Waals surface area contributed by atoms with Gasteiger partial charge < -0.3 is 15.5 Å². The summed E-state index contributed by atoms with van der Waals surface area (Å²) < 4.78 is 0. The molecule has 2 N–H and O–H groups in total. The molecule has 0 aromatic heterocycles. The normalized spacial score (nSPS) is 12.2. The third-order valence-electron chi connectivity index (χ3n) is 5.48. The van der Waals surface area contributed by atoms with Crippen molar-refractivity contribution in [2.24, 2.45) is 0 Å². The molecule has 1 aliphatic heterocycles. The smallest absolute Gasteiger partial charge is 0.256 e. The highest BCUT2D eigenvalue weighted by molar-refractivity contribution is 8.00. The minimum Gasteiger partial charge on any atom is -0.326 e. The summed E-state index contributed by atoms with van der Waals surface area (Å²) in [6, 6.07) is 20.6. The fourth-order valence-corrected chi connectivity index (χ4v) is 4.74. The number of fused-ring (bicyclic) bond motifs is 1. The van der Waals surface area contributed by atoms with Gasteiger partial charge in [-0.05, 0) is 54.8 Å². The van der Waals surface area contributed by atoms with Gasteiger partial charge in [0.15, 0.2) is 0 Å². The number of aryl methyl sites for hydroxylation is 1. The fourth-order valence-electron chi connectivity index (χ4n) is 3.82. The number of para-hydroxylation sites is 1. The van der Waals surface area contributed by atoms with Gasteiger partial charge in [-0.15, -0.1) is 11.8 Å². The Morgan fingerprint density at radius 3 is 2.55 bits per heavy atom. The van der Waals surface area contributed by atoms with Crippen LogP contribution >= 0.6 is 11.8 Å².